The molecule has 0 radical (unpaired) electrons. The van der Waals surface area contributed by atoms with Crippen molar-refractivity contribution < 1.29 is 4.79 Å². The van der Waals surface area contributed by atoms with Crippen LogP contribution < -0.4 is 10.6 Å². The minimum atomic E-state index is -0.282. The molecule has 0 spiro atoms. The molecule has 5 nitrogen and oxygen atoms in total. The van der Waals surface area contributed by atoms with E-state index in [0.717, 1.165) is 5.69 Å². The molecule has 1 unspecified atom stereocenters. The van der Waals surface area contributed by atoms with Crippen LogP contribution in [-0.2, 0) is 18.4 Å². The highest BCUT2D eigenvalue weighted by atomic mass is 16.2. The summed E-state index contributed by atoms with van der Waals surface area (Å²) < 4.78 is 1.72. The molecule has 1 heterocycles. The quantitative estimate of drug-likeness (QED) is 0.667. The van der Waals surface area contributed by atoms with E-state index in [2.05, 4.69) is 21.7 Å². The lowest BCUT2D eigenvalue weighted by Crippen LogP contribution is -2.41. The average Bonchev–Trinajstić information content (AvgIpc) is 2.68. The van der Waals surface area contributed by atoms with Gasteiger partial charge in [-0.1, -0.05) is 5.92 Å². The second kappa shape index (κ2) is 5.93. The molecule has 1 rings (SSSR count). The Morgan fingerprint density at radius 3 is 3.06 bits per heavy atom. The van der Waals surface area contributed by atoms with Gasteiger partial charge in [0.25, 0.3) is 0 Å². The first-order valence-electron chi connectivity index (χ1n) is 5.06. The third-order valence-corrected chi connectivity index (χ3v) is 2.12. The number of carbonyl (C=O) groups excluding carboxylic acids is 1. The number of hydrogen-bond donors (Lipinski definition) is 2. The number of hydrogen-bond acceptors (Lipinski definition) is 3. The molecule has 0 saturated carbocycles. The van der Waals surface area contributed by atoms with E-state index in [4.69, 9.17) is 6.42 Å². The SMILES string of the molecule is C#CCNC(=O)C(C)NCc1ccn(C)n1. The second-order valence-corrected chi connectivity index (χ2v) is 3.51. The lowest BCUT2D eigenvalue weighted by atomic mass is 10.3. The number of aromatic nitrogens is 2. The van der Waals surface area contributed by atoms with Crippen LogP contribution in [0.15, 0.2) is 12.3 Å². The lowest BCUT2D eigenvalue weighted by Gasteiger charge is -2.11. The smallest absolute Gasteiger partial charge is 0.237 e. The lowest BCUT2D eigenvalue weighted by molar-refractivity contribution is -0.122. The molecule has 0 aliphatic rings. The Hall–Kier alpha value is -1.80. The van der Waals surface area contributed by atoms with Crippen molar-refractivity contribution in [2.75, 3.05) is 6.54 Å². The molecule has 16 heavy (non-hydrogen) atoms. The molecule has 0 aliphatic carbocycles. The van der Waals surface area contributed by atoms with Gasteiger partial charge in [0.05, 0.1) is 18.3 Å². The summed E-state index contributed by atoms with van der Waals surface area (Å²) in [6.07, 6.45) is 6.91. The molecule has 1 aromatic rings. The predicted molar refractivity (Wildman–Crippen MR) is 61.4 cm³/mol. The number of nitrogens with one attached hydrogen (secondary N) is 2. The van der Waals surface area contributed by atoms with Crippen LogP contribution in [0.2, 0.25) is 0 Å². The van der Waals surface area contributed by atoms with Gasteiger partial charge < -0.3 is 10.6 Å². The number of rotatable bonds is 5. The number of aryl methyl sites for hydroxylation is 1. The number of nitrogens with zero attached hydrogens (tertiary/aromatic N) is 2. The van der Waals surface area contributed by atoms with Crippen LogP contribution in [-0.4, -0.2) is 28.3 Å². The summed E-state index contributed by atoms with van der Waals surface area (Å²) in [4.78, 5) is 11.4. The number of terminal acetylenes is 1. The van der Waals surface area contributed by atoms with E-state index in [1.807, 2.05) is 19.3 Å². The monoisotopic (exact) mass is 220 g/mol. The maximum absolute atomic E-state index is 11.4. The van der Waals surface area contributed by atoms with Crippen molar-refractivity contribution in [3.63, 3.8) is 0 Å². The predicted octanol–water partition coefficient (Wildman–Crippen LogP) is -0.352. The maximum Gasteiger partial charge on any atom is 0.237 e. The summed E-state index contributed by atoms with van der Waals surface area (Å²) in [6, 6.07) is 1.62. The Labute approximate surface area is 95.2 Å². The molecule has 0 aliphatic heterocycles. The van der Waals surface area contributed by atoms with E-state index in [0.29, 0.717) is 6.54 Å². The molecule has 1 amide bonds. The van der Waals surface area contributed by atoms with E-state index in [1.165, 1.54) is 0 Å². The molecule has 0 bridgehead atoms. The van der Waals surface area contributed by atoms with Gasteiger partial charge in [-0.2, -0.15) is 5.10 Å². The Kier molecular flexibility index (Phi) is 4.55. The summed E-state index contributed by atoms with van der Waals surface area (Å²) in [6.45, 7) is 2.61. The van der Waals surface area contributed by atoms with E-state index >= 15 is 0 Å². The Morgan fingerprint density at radius 2 is 2.50 bits per heavy atom. The molecule has 0 fully saturated rings. The number of carbonyl (C=O) groups is 1. The fourth-order valence-corrected chi connectivity index (χ4v) is 1.20. The average molecular weight is 220 g/mol. The highest BCUT2D eigenvalue weighted by molar-refractivity contribution is 5.81. The molecule has 5 heteroatoms. The molecular weight excluding hydrogens is 204 g/mol. The third kappa shape index (κ3) is 3.75. The van der Waals surface area contributed by atoms with Gasteiger partial charge in [-0.3, -0.25) is 9.48 Å². The van der Waals surface area contributed by atoms with Gasteiger partial charge in [-0.05, 0) is 13.0 Å². The Bertz CT molecular complexity index is 391. The van der Waals surface area contributed by atoms with Crippen molar-refractivity contribution in [3.8, 4) is 12.3 Å². The summed E-state index contributed by atoms with van der Waals surface area (Å²) in [5.74, 6) is 2.25. The largest absolute Gasteiger partial charge is 0.344 e. The first-order valence-corrected chi connectivity index (χ1v) is 5.06. The summed E-state index contributed by atoms with van der Waals surface area (Å²) >= 11 is 0. The van der Waals surface area contributed by atoms with Crippen LogP contribution in [0.5, 0.6) is 0 Å². The first kappa shape index (κ1) is 12.3. The van der Waals surface area contributed by atoms with Crippen molar-refractivity contribution in [2.24, 2.45) is 7.05 Å². The Morgan fingerprint density at radius 1 is 1.75 bits per heavy atom. The van der Waals surface area contributed by atoms with Crippen LogP contribution in [0.3, 0.4) is 0 Å². The summed E-state index contributed by atoms with van der Waals surface area (Å²) in [5, 5.41) is 9.87. The second-order valence-electron chi connectivity index (χ2n) is 3.51. The van der Waals surface area contributed by atoms with E-state index < -0.39 is 0 Å². The highest BCUT2D eigenvalue weighted by Crippen LogP contribution is 1.94. The fraction of sp³-hybridized carbons (Fsp3) is 0.455. The van der Waals surface area contributed by atoms with Crippen molar-refractivity contribution in [1.29, 1.82) is 0 Å². The number of amides is 1. The zero-order valence-electron chi connectivity index (χ0n) is 9.53. The standard InChI is InChI=1S/C11H16N4O/c1-4-6-12-11(16)9(2)13-8-10-5-7-15(3)14-10/h1,5,7,9,13H,6,8H2,2-3H3,(H,12,16). The topological polar surface area (TPSA) is 59.0 Å². The zero-order chi connectivity index (χ0) is 12.0. The van der Waals surface area contributed by atoms with Crippen LogP contribution >= 0.6 is 0 Å². The normalized spacial score (nSPS) is 11.8. The minimum Gasteiger partial charge on any atom is -0.344 e. The van der Waals surface area contributed by atoms with Crippen molar-refractivity contribution >= 4 is 5.91 Å². The van der Waals surface area contributed by atoms with Crippen LogP contribution in [0, 0.1) is 12.3 Å². The van der Waals surface area contributed by atoms with Gasteiger partial charge in [-0.25, -0.2) is 0 Å². The van der Waals surface area contributed by atoms with Gasteiger partial charge in [0.1, 0.15) is 0 Å². The molecular formula is C11H16N4O. The first-order chi connectivity index (χ1) is 7.63. The van der Waals surface area contributed by atoms with E-state index in [9.17, 15) is 4.79 Å². The van der Waals surface area contributed by atoms with Crippen LogP contribution in [0.4, 0.5) is 0 Å². The fourth-order valence-electron chi connectivity index (χ4n) is 1.20. The molecule has 86 valence electrons. The zero-order valence-corrected chi connectivity index (χ0v) is 9.53. The van der Waals surface area contributed by atoms with Gasteiger partial charge in [0, 0.05) is 19.8 Å². The van der Waals surface area contributed by atoms with Gasteiger partial charge in [-0.15, -0.1) is 6.42 Å². The van der Waals surface area contributed by atoms with Crippen molar-refractivity contribution in [1.82, 2.24) is 20.4 Å². The summed E-state index contributed by atoms with van der Waals surface area (Å²) in [7, 11) is 1.85. The van der Waals surface area contributed by atoms with Crippen LogP contribution in [0.25, 0.3) is 0 Å². The third-order valence-electron chi connectivity index (χ3n) is 2.12. The van der Waals surface area contributed by atoms with E-state index in [1.54, 1.807) is 11.6 Å². The minimum absolute atomic E-state index is 0.103. The van der Waals surface area contributed by atoms with Gasteiger partial charge >= 0.3 is 0 Å². The van der Waals surface area contributed by atoms with Crippen LogP contribution in [0.1, 0.15) is 12.6 Å². The van der Waals surface area contributed by atoms with E-state index in [-0.39, 0.29) is 18.5 Å². The van der Waals surface area contributed by atoms with Gasteiger partial charge in [0.2, 0.25) is 5.91 Å². The molecule has 0 saturated heterocycles. The highest BCUT2D eigenvalue weighted by Gasteiger charge is 2.11. The molecule has 0 aromatic carbocycles. The molecule has 1 aromatic heterocycles. The Balaban J connectivity index is 2.32. The van der Waals surface area contributed by atoms with Crippen molar-refractivity contribution in [3.05, 3.63) is 18.0 Å². The van der Waals surface area contributed by atoms with Crippen molar-refractivity contribution in [2.45, 2.75) is 19.5 Å². The maximum atomic E-state index is 11.4. The molecule has 1 atom stereocenters. The molecule has 2 N–H and O–H groups in total. The van der Waals surface area contributed by atoms with Gasteiger partial charge in [0.15, 0.2) is 0 Å². The summed E-state index contributed by atoms with van der Waals surface area (Å²) in [5.41, 5.74) is 0.902.